The molecule has 12 heavy (non-hydrogen) atoms. The van der Waals surface area contributed by atoms with E-state index < -0.39 is 0 Å². The third-order valence-electron chi connectivity index (χ3n) is 2.00. The number of nitrogens with one attached hydrogen (secondary N) is 1. The van der Waals surface area contributed by atoms with Gasteiger partial charge in [0.1, 0.15) is 0 Å². The van der Waals surface area contributed by atoms with Crippen LogP contribution in [-0.2, 0) is 17.8 Å². The van der Waals surface area contributed by atoms with E-state index in [0.717, 1.165) is 16.8 Å². The highest BCUT2D eigenvalue weighted by molar-refractivity contribution is 5.80. The van der Waals surface area contributed by atoms with Gasteiger partial charge >= 0.3 is 0 Å². The Kier molecular flexibility index (Phi) is 1.57. The minimum absolute atomic E-state index is 0.0684. The van der Waals surface area contributed by atoms with Crippen LogP contribution in [0.25, 0.3) is 0 Å². The Morgan fingerprint density at radius 1 is 1.58 bits per heavy atom. The third-order valence-corrected chi connectivity index (χ3v) is 2.00. The van der Waals surface area contributed by atoms with Gasteiger partial charge in [-0.05, 0) is 18.1 Å². The lowest BCUT2D eigenvalue weighted by Gasteiger charge is -2.15. The predicted molar refractivity (Wildman–Crippen MR) is 44.5 cm³/mol. The van der Waals surface area contributed by atoms with Gasteiger partial charge in [-0.25, -0.2) is 0 Å². The van der Waals surface area contributed by atoms with E-state index in [2.05, 4.69) is 16.4 Å². The average Bonchev–Trinajstić information content (AvgIpc) is 2.05. The Morgan fingerprint density at radius 3 is 3.25 bits per heavy atom. The Bertz CT molecular complexity index is 333. The van der Waals surface area contributed by atoms with Crippen molar-refractivity contribution in [3.8, 4) is 0 Å². The van der Waals surface area contributed by atoms with E-state index in [4.69, 9.17) is 0 Å². The summed E-state index contributed by atoms with van der Waals surface area (Å²) in [5.41, 5.74) is 3.21. The molecule has 0 unspecified atom stereocenters. The summed E-state index contributed by atoms with van der Waals surface area (Å²) >= 11 is 0. The van der Waals surface area contributed by atoms with Gasteiger partial charge in [-0.3, -0.25) is 9.78 Å². The van der Waals surface area contributed by atoms with Crippen LogP contribution in [0, 0.1) is 6.92 Å². The number of carbonyl (C=O) groups is 1. The molecule has 62 valence electrons. The number of fused-ring (bicyclic) bond motifs is 1. The lowest BCUT2D eigenvalue weighted by atomic mass is 10.1. The van der Waals surface area contributed by atoms with Crippen LogP contribution in [0.3, 0.4) is 0 Å². The molecule has 0 saturated carbocycles. The summed E-state index contributed by atoms with van der Waals surface area (Å²) in [7, 11) is 0. The molecule has 0 spiro atoms. The quantitative estimate of drug-likeness (QED) is 0.605. The maximum absolute atomic E-state index is 11.0. The van der Waals surface area contributed by atoms with E-state index in [1.54, 1.807) is 6.20 Å². The van der Waals surface area contributed by atoms with E-state index in [1.165, 1.54) is 0 Å². The van der Waals surface area contributed by atoms with Gasteiger partial charge in [0.15, 0.2) is 0 Å². The minimum Gasteiger partial charge on any atom is -0.352 e. The largest absolute Gasteiger partial charge is 0.352 e. The zero-order valence-electron chi connectivity index (χ0n) is 6.92. The molecule has 3 nitrogen and oxygen atoms in total. The molecule has 1 N–H and O–H groups in total. The molecule has 2 rings (SSSR count). The van der Waals surface area contributed by atoms with Crippen LogP contribution in [0.1, 0.15) is 16.8 Å². The van der Waals surface area contributed by atoms with Gasteiger partial charge in [-0.1, -0.05) is 6.07 Å². The van der Waals surface area contributed by atoms with Gasteiger partial charge in [-0.15, -0.1) is 0 Å². The van der Waals surface area contributed by atoms with Gasteiger partial charge in [-0.2, -0.15) is 0 Å². The zero-order valence-corrected chi connectivity index (χ0v) is 6.92. The highest BCUT2D eigenvalue weighted by Gasteiger charge is 2.15. The molecular weight excluding hydrogens is 152 g/mol. The Morgan fingerprint density at radius 2 is 2.42 bits per heavy atom. The fraction of sp³-hybridized carbons (Fsp3) is 0.333. The SMILES string of the molecule is Cc1cnc2c(c1)CNC(=O)C2. The number of aryl methyl sites for hydroxylation is 1. The first-order valence-electron chi connectivity index (χ1n) is 3.97. The van der Waals surface area contributed by atoms with Crippen molar-refractivity contribution in [2.24, 2.45) is 0 Å². The van der Waals surface area contributed by atoms with Gasteiger partial charge in [0.2, 0.25) is 5.91 Å². The first-order valence-corrected chi connectivity index (χ1v) is 3.97. The number of rotatable bonds is 0. The lowest BCUT2D eigenvalue weighted by molar-refractivity contribution is -0.121. The van der Waals surface area contributed by atoms with E-state index in [-0.39, 0.29) is 5.91 Å². The second kappa shape index (κ2) is 2.59. The van der Waals surface area contributed by atoms with Crippen molar-refractivity contribution in [2.45, 2.75) is 19.9 Å². The molecule has 0 aromatic carbocycles. The number of hydrogen-bond acceptors (Lipinski definition) is 2. The molecule has 0 atom stereocenters. The van der Waals surface area contributed by atoms with Crippen LogP contribution in [0.15, 0.2) is 12.3 Å². The number of amides is 1. The maximum atomic E-state index is 11.0. The molecule has 1 aliphatic rings. The van der Waals surface area contributed by atoms with E-state index in [1.807, 2.05) is 6.92 Å². The van der Waals surface area contributed by atoms with Crippen molar-refractivity contribution in [2.75, 3.05) is 0 Å². The van der Waals surface area contributed by atoms with Crippen LogP contribution in [0.5, 0.6) is 0 Å². The molecule has 0 bridgehead atoms. The van der Waals surface area contributed by atoms with E-state index in [0.29, 0.717) is 13.0 Å². The van der Waals surface area contributed by atoms with E-state index >= 15 is 0 Å². The molecule has 0 fully saturated rings. The van der Waals surface area contributed by atoms with Gasteiger partial charge < -0.3 is 5.32 Å². The molecule has 1 amide bonds. The van der Waals surface area contributed by atoms with Gasteiger partial charge in [0, 0.05) is 12.7 Å². The van der Waals surface area contributed by atoms with Crippen LogP contribution < -0.4 is 5.32 Å². The van der Waals surface area contributed by atoms with Crippen molar-refractivity contribution in [1.29, 1.82) is 0 Å². The van der Waals surface area contributed by atoms with Crippen LogP contribution in [-0.4, -0.2) is 10.9 Å². The molecule has 1 aromatic heterocycles. The normalized spacial score (nSPS) is 15.2. The summed E-state index contributed by atoms with van der Waals surface area (Å²) in [6, 6.07) is 2.07. The first kappa shape index (κ1) is 7.28. The fourth-order valence-corrected chi connectivity index (χ4v) is 1.38. The zero-order chi connectivity index (χ0) is 8.55. The highest BCUT2D eigenvalue weighted by Crippen LogP contribution is 2.12. The molecule has 0 saturated heterocycles. The van der Waals surface area contributed by atoms with Crippen LogP contribution >= 0.6 is 0 Å². The smallest absolute Gasteiger partial charge is 0.226 e. The summed E-state index contributed by atoms with van der Waals surface area (Å²) in [5, 5.41) is 2.79. The predicted octanol–water partition coefficient (Wildman–Crippen LogP) is 0.562. The standard InChI is InChI=1S/C9H10N2O/c1-6-2-7-5-11-9(12)3-8(7)10-4-6/h2,4H,3,5H2,1H3,(H,11,12). The Hall–Kier alpha value is -1.38. The Labute approximate surface area is 70.8 Å². The third kappa shape index (κ3) is 1.18. The monoisotopic (exact) mass is 162 g/mol. The number of carbonyl (C=O) groups excluding carboxylic acids is 1. The molecule has 1 aromatic rings. The lowest BCUT2D eigenvalue weighted by Crippen LogP contribution is -2.30. The highest BCUT2D eigenvalue weighted by atomic mass is 16.1. The molecule has 0 radical (unpaired) electrons. The summed E-state index contributed by atoms with van der Waals surface area (Å²) in [5.74, 6) is 0.0684. The fourth-order valence-electron chi connectivity index (χ4n) is 1.38. The van der Waals surface area contributed by atoms with E-state index in [9.17, 15) is 4.79 Å². The van der Waals surface area contributed by atoms with Gasteiger partial charge in [0.05, 0.1) is 12.1 Å². The first-order chi connectivity index (χ1) is 5.75. The second-order valence-electron chi connectivity index (χ2n) is 3.07. The van der Waals surface area contributed by atoms with Crippen LogP contribution in [0.4, 0.5) is 0 Å². The molecule has 3 heteroatoms. The van der Waals surface area contributed by atoms with Crippen molar-refractivity contribution in [1.82, 2.24) is 10.3 Å². The van der Waals surface area contributed by atoms with Crippen molar-refractivity contribution < 1.29 is 4.79 Å². The average molecular weight is 162 g/mol. The maximum Gasteiger partial charge on any atom is 0.226 e. The summed E-state index contributed by atoms with van der Waals surface area (Å²) in [6.07, 6.45) is 2.23. The number of nitrogens with zero attached hydrogens (tertiary/aromatic N) is 1. The van der Waals surface area contributed by atoms with Gasteiger partial charge in [0.25, 0.3) is 0 Å². The summed E-state index contributed by atoms with van der Waals surface area (Å²) in [4.78, 5) is 15.2. The summed E-state index contributed by atoms with van der Waals surface area (Å²) < 4.78 is 0. The molecular formula is C9H10N2O. The number of aromatic nitrogens is 1. The topological polar surface area (TPSA) is 42.0 Å². The second-order valence-corrected chi connectivity index (χ2v) is 3.07. The number of pyridine rings is 1. The molecule has 0 aliphatic carbocycles. The summed E-state index contributed by atoms with van der Waals surface area (Å²) in [6.45, 7) is 2.63. The van der Waals surface area contributed by atoms with Crippen molar-refractivity contribution in [3.63, 3.8) is 0 Å². The Balaban J connectivity index is 2.43. The number of hydrogen-bond donors (Lipinski definition) is 1. The van der Waals surface area contributed by atoms with Crippen molar-refractivity contribution in [3.05, 3.63) is 29.1 Å². The minimum atomic E-state index is 0.0684. The molecule has 2 heterocycles. The van der Waals surface area contributed by atoms with Crippen molar-refractivity contribution >= 4 is 5.91 Å². The molecule has 1 aliphatic heterocycles. The van der Waals surface area contributed by atoms with Crippen LogP contribution in [0.2, 0.25) is 0 Å².